The van der Waals surface area contributed by atoms with Crippen molar-refractivity contribution in [2.24, 2.45) is 0 Å². The molecule has 0 heterocycles. The van der Waals surface area contributed by atoms with Gasteiger partial charge in [-0.25, -0.2) is 8.42 Å². The Balaban J connectivity index is 2.30. The molecule has 0 aliphatic carbocycles. The fourth-order valence-electron chi connectivity index (χ4n) is 2.77. The molecule has 0 aromatic heterocycles. The van der Waals surface area contributed by atoms with E-state index < -0.39 is 10.0 Å². The van der Waals surface area contributed by atoms with E-state index in [4.69, 9.17) is 4.74 Å². The molecule has 0 aliphatic heterocycles. The lowest BCUT2D eigenvalue weighted by Gasteiger charge is -2.22. The maximum absolute atomic E-state index is 12.8. The predicted molar refractivity (Wildman–Crippen MR) is 103 cm³/mol. The number of hydrogen-bond acceptors (Lipinski definition) is 4. The number of hydrogen-bond donors (Lipinski definition) is 1. The van der Waals surface area contributed by atoms with Crippen LogP contribution in [-0.4, -0.2) is 34.7 Å². The van der Waals surface area contributed by atoms with Crippen molar-refractivity contribution in [3.05, 3.63) is 59.2 Å². The molecule has 0 saturated heterocycles. The molecule has 2 aromatic rings. The number of carbonyl (C=O) groups excluding carboxylic acids is 1. The first-order valence-corrected chi connectivity index (χ1v) is 9.99. The van der Waals surface area contributed by atoms with E-state index in [9.17, 15) is 13.2 Å². The Hall–Kier alpha value is -2.54. The number of ether oxygens (including phenoxy) is 1. The predicted octanol–water partition coefficient (Wildman–Crippen LogP) is 2.89. The number of nitrogens with zero attached hydrogens (tertiary/aromatic N) is 1. The van der Waals surface area contributed by atoms with Crippen LogP contribution in [0.3, 0.4) is 0 Å². The van der Waals surface area contributed by atoms with Crippen molar-refractivity contribution < 1.29 is 17.9 Å². The zero-order valence-corrected chi connectivity index (χ0v) is 16.4. The number of anilines is 1. The van der Waals surface area contributed by atoms with E-state index >= 15 is 0 Å². The minimum atomic E-state index is -3.41. The van der Waals surface area contributed by atoms with Crippen LogP contribution in [0.15, 0.2) is 42.5 Å². The number of para-hydroxylation sites is 1. The highest BCUT2D eigenvalue weighted by atomic mass is 32.2. The largest absolute Gasteiger partial charge is 0.496 e. The van der Waals surface area contributed by atoms with Crippen LogP contribution in [0.2, 0.25) is 0 Å². The van der Waals surface area contributed by atoms with Gasteiger partial charge in [0, 0.05) is 18.2 Å². The summed E-state index contributed by atoms with van der Waals surface area (Å²) in [6, 6.07) is 12.2. The molecular weight excluding hydrogens is 352 g/mol. The van der Waals surface area contributed by atoms with E-state index in [-0.39, 0.29) is 11.9 Å². The van der Waals surface area contributed by atoms with Gasteiger partial charge >= 0.3 is 0 Å². The van der Waals surface area contributed by atoms with E-state index in [0.29, 0.717) is 22.6 Å². The minimum absolute atomic E-state index is 0.269. The Morgan fingerprint density at radius 1 is 1.15 bits per heavy atom. The first kappa shape index (κ1) is 19.8. The molecule has 2 aromatic carbocycles. The SMILES string of the molecule is COc1ccccc1C(C)NC(=O)c1cccc(N(C)S(C)(=O)=O)c1C. The van der Waals surface area contributed by atoms with Gasteiger partial charge in [-0.3, -0.25) is 9.10 Å². The Kier molecular flexibility index (Phi) is 5.92. The zero-order chi connectivity index (χ0) is 19.5. The summed E-state index contributed by atoms with van der Waals surface area (Å²) in [4.78, 5) is 12.8. The van der Waals surface area contributed by atoms with Gasteiger partial charge in [-0.05, 0) is 37.6 Å². The van der Waals surface area contributed by atoms with Gasteiger partial charge in [0.15, 0.2) is 0 Å². The number of methoxy groups -OCH3 is 1. The Bertz CT molecular complexity index is 910. The van der Waals surface area contributed by atoms with Crippen LogP contribution in [0, 0.1) is 6.92 Å². The fourth-order valence-corrected chi connectivity index (χ4v) is 3.32. The molecule has 140 valence electrons. The van der Waals surface area contributed by atoms with Crippen LogP contribution >= 0.6 is 0 Å². The van der Waals surface area contributed by atoms with Crippen LogP contribution in [0.1, 0.15) is 34.5 Å². The van der Waals surface area contributed by atoms with Crippen molar-refractivity contribution >= 4 is 21.6 Å². The minimum Gasteiger partial charge on any atom is -0.496 e. The summed E-state index contributed by atoms with van der Waals surface area (Å²) in [5, 5.41) is 2.95. The lowest BCUT2D eigenvalue weighted by Crippen LogP contribution is -2.29. The van der Waals surface area contributed by atoms with Gasteiger partial charge in [-0.2, -0.15) is 0 Å². The smallest absolute Gasteiger partial charge is 0.252 e. The molecule has 6 nitrogen and oxygen atoms in total. The fraction of sp³-hybridized carbons (Fsp3) is 0.316. The third-order valence-electron chi connectivity index (χ3n) is 4.34. The van der Waals surface area contributed by atoms with Gasteiger partial charge < -0.3 is 10.1 Å². The first-order valence-electron chi connectivity index (χ1n) is 8.14. The molecular formula is C19H24N2O4S. The number of sulfonamides is 1. The highest BCUT2D eigenvalue weighted by Gasteiger charge is 2.20. The normalized spacial score (nSPS) is 12.3. The molecule has 1 unspecified atom stereocenters. The number of amides is 1. The van der Waals surface area contributed by atoms with E-state index in [0.717, 1.165) is 11.8 Å². The van der Waals surface area contributed by atoms with Gasteiger partial charge in [0.1, 0.15) is 5.75 Å². The Labute approximate surface area is 154 Å². The monoisotopic (exact) mass is 376 g/mol. The maximum atomic E-state index is 12.8. The average molecular weight is 376 g/mol. The van der Waals surface area contributed by atoms with Gasteiger partial charge in [0.25, 0.3) is 5.91 Å². The van der Waals surface area contributed by atoms with Gasteiger partial charge in [0.05, 0.1) is 25.1 Å². The van der Waals surface area contributed by atoms with Crippen LogP contribution in [0.4, 0.5) is 5.69 Å². The highest BCUT2D eigenvalue weighted by Crippen LogP contribution is 2.27. The number of carbonyl (C=O) groups is 1. The van der Waals surface area contributed by atoms with Gasteiger partial charge in [0.2, 0.25) is 10.0 Å². The first-order chi connectivity index (χ1) is 12.2. The molecule has 26 heavy (non-hydrogen) atoms. The standard InChI is InChI=1S/C19H24N2O4S/c1-13-15(10-8-11-17(13)21(3)26(5,23)24)19(22)20-14(2)16-9-6-7-12-18(16)25-4/h6-12,14H,1-5H3,(H,20,22). The molecule has 7 heteroatoms. The van der Waals surface area contributed by atoms with Crippen molar-refractivity contribution in [2.45, 2.75) is 19.9 Å². The van der Waals surface area contributed by atoms with Gasteiger partial charge in [-0.1, -0.05) is 24.3 Å². The number of benzene rings is 2. The van der Waals surface area contributed by atoms with Crippen LogP contribution in [0.5, 0.6) is 5.75 Å². The highest BCUT2D eigenvalue weighted by molar-refractivity contribution is 7.92. The van der Waals surface area contributed by atoms with Crippen molar-refractivity contribution in [3.8, 4) is 5.75 Å². The second-order valence-corrected chi connectivity index (χ2v) is 8.13. The maximum Gasteiger partial charge on any atom is 0.252 e. The van der Waals surface area contributed by atoms with E-state index in [1.807, 2.05) is 31.2 Å². The molecule has 0 saturated carbocycles. The molecule has 1 amide bonds. The molecule has 1 atom stereocenters. The molecule has 0 bridgehead atoms. The summed E-state index contributed by atoms with van der Waals surface area (Å²) in [5.41, 5.74) is 2.38. The summed E-state index contributed by atoms with van der Waals surface area (Å²) in [6.45, 7) is 3.61. The quantitative estimate of drug-likeness (QED) is 0.841. The van der Waals surface area contributed by atoms with Crippen molar-refractivity contribution in [1.29, 1.82) is 0 Å². The third kappa shape index (κ3) is 4.16. The third-order valence-corrected chi connectivity index (χ3v) is 5.53. The zero-order valence-electron chi connectivity index (χ0n) is 15.6. The van der Waals surface area contributed by atoms with E-state index in [1.54, 1.807) is 32.2 Å². The summed E-state index contributed by atoms with van der Waals surface area (Å²) >= 11 is 0. The molecule has 0 spiro atoms. The Morgan fingerprint density at radius 3 is 2.42 bits per heavy atom. The second kappa shape index (κ2) is 7.78. The van der Waals surface area contributed by atoms with Crippen LogP contribution < -0.4 is 14.4 Å². The Morgan fingerprint density at radius 2 is 1.81 bits per heavy atom. The molecule has 2 rings (SSSR count). The second-order valence-electron chi connectivity index (χ2n) is 6.12. The topological polar surface area (TPSA) is 75.7 Å². The summed E-state index contributed by atoms with van der Waals surface area (Å²) in [7, 11) is -0.356. The van der Waals surface area contributed by atoms with Crippen molar-refractivity contribution in [1.82, 2.24) is 5.32 Å². The summed E-state index contributed by atoms with van der Waals surface area (Å²) in [6.07, 6.45) is 1.13. The number of nitrogens with one attached hydrogen (secondary N) is 1. The lowest BCUT2D eigenvalue weighted by atomic mass is 10.0. The summed E-state index contributed by atoms with van der Waals surface area (Å²) in [5.74, 6) is 0.423. The summed E-state index contributed by atoms with van der Waals surface area (Å²) < 4.78 is 30.1. The molecule has 0 aliphatic rings. The van der Waals surface area contributed by atoms with Crippen molar-refractivity contribution in [2.75, 3.05) is 24.7 Å². The van der Waals surface area contributed by atoms with Gasteiger partial charge in [-0.15, -0.1) is 0 Å². The van der Waals surface area contributed by atoms with E-state index in [2.05, 4.69) is 5.32 Å². The molecule has 1 N–H and O–H groups in total. The van der Waals surface area contributed by atoms with Crippen LogP contribution in [-0.2, 0) is 10.0 Å². The number of rotatable bonds is 6. The van der Waals surface area contributed by atoms with Crippen molar-refractivity contribution in [3.63, 3.8) is 0 Å². The molecule has 0 fully saturated rings. The van der Waals surface area contributed by atoms with E-state index in [1.165, 1.54) is 11.4 Å². The molecule has 0 radical (unpaired) electrons. The lowest BCUT2D eigenvalue weighted by molar-refractivity contribution is 0.0939. The average Bonchev–Trinajstić information content (AvgIpc) is 2.60. The van der Waals surface area contributed by atoms with Crippen LogP contribution in [0.25, 0.3) is 0 Å².